The minimum absolute atomic E-state index is 0.000431. The smallest absolute Gasteiger partial charge is 0.157 e. The summed E-state index contributed by atoms with van der Waals surface area (Å²) in [6.07, 6.45) is 4.08. The van der Waals surface area contributed by atoms with Gasteiger partial charge in [-0.2, -0.15) is 0 Å². The summed E-state index contributed by atoms with van der Waals surface area (Å²) in [4.78, 5) is 0. The Morgan fingerprint density at radius 1 is 1.06 bits per heavy atom. The molecule has 0 bridgehead atoms. The average Bonchev–Trinajstić information content (AvgIpc) is 2.41. The van der Waals surface area contributed by atoms with Crippen LogP contribution in [0.25, 0.3) is 0 Å². The molecule has 0 unspecified atom stereocenters. The molecule has 17 heavy (non-hydrogen) atoms. The molecule has 1 N–H and O–H groups in total. The Bertz CT molecular complexity index is 315. The molecule has 1 saturated heterocycles. The van der Waals surface area contributed by atoms with Crippen molar-refractivity contribution in [2.45, 2.75) is 38.6 Å². The van der Waals surface area contributed by atoms with Crippen LogP contribution in [0.5, 0.6) is 0 Å². The van der Waals surface area contributed by atoms with Crippen molar-refractivity contribution in [3.05, 3.63) is 35.4 Å². The molecule has 3 heteroatoms. The number of rotatable bonds is 5. The maximum atomic E-state index is 8.94. The van der Waals surface area contributed by atoms with E-state index in [0.717, 1.165) is 44.5 Å². The number of hydrogen-bond donors (Lipinski definition) is 1. The molecule has 2 rings (SSSR count). The lowest BCUT2D eigenvalue weighted by Crippen LogP contribution is -2.24. The summed E-state index contributed by atoms with van der Waals surface area (Å²) < 4.78 is 11.0. The molecule has 0 amide bonds. The first-order chi connectivity index (χ1) is 8.38. The van der Waals surface area contributed by atoms with Crippen molar-refractivity contribution in [2.24, 2.45) is 0 Å². The summed E-state index contributed by atoms with van der Waals surface area (Å²) in [5.74, 6) is 0. The molecule has 3 nitrogen and oxygen atoms in total. The maximum absolute atomic E-state index is 8.94. The van der Waals surface area contributed by atoms with E-state index in [2.05, 4.69) is 12.1 Å². The fraction of sp³-hybridized carbons (Fsp3) is 0.571. The van der Waals surface area contributed by atoms with Crippen LogP contribution in [0, 0.1) is 0 Å². The predicted molar refractivity (Wildman–Crippen MR) is 65.6 cm³/mol. The number of aryl methyl sites for hydroxylation is 1. The Labute approximate surface area is 102 Å². The Balaban J connectivity index is 1.69. The zero-order chi connectivity index (χ0) is 11.9. The van der Waals surface area contributed by atoms with Crippen LogP contribution >= 0.6 is 0 Å². The molecule has 0 atom stereocenters. The fourth-order valence-corrected chi connectivity index (χ4v) is 1.99. The molecule has 1 aliphatic heterocycles. The molecule has 1 heterocycles. The number of aliphatic hydroxyl groups excluding tert-OH is 1. The van der Waals surface area contributed by atoms with Crippen LogP contribution < -0.4 is 0 Å². The third-order valence-electron chi connectivity index (χ3n) is 3.01. The van der Waals surface area contributed by atoms with Crippen molar-refractivity contribution in [1.82, 2.24) is 0 Å². The van der Waals surface area contributed by atoms with E-state index in [1.54, 1.807) is 0 Å². The maximum Gasteiger partial charge on any atom is 0.157 e. The largest absolute Gasteiger partial charge is 0.392 e. The highest BCUT2D eigenvalue weighted by atomic mass is 16.7. The number of ether oxygens (including phenoxy) is 2. The Hall–Kier alpha value is -0.900. The Morgan fingerprint density at radius 2 is 1.71 bits per heavy atom. The zero-order valence-electron chi connectivity index (χ0n) is 10.1. The van der Waals surface area contributed by atoms with E-state index >= 15 is 0 Å². The Morgan fingerprint density at radius 3 is 2.35 bits per heavy atom. The predicted octanol–water partition coefficient (Wildman–Crippen LogP) is 2.26. The van der Waals surface area contributed by atoms with Crippen molar-refractivity contribution >= 4 is 0 Å². The van der Waals surface area contributed by atoms with Crippen molar-refractivity contribution in [3.63, 3.8) is 0 Å². The third-order valence-corrected chi connectivity index (χ3v) is 3.01. The highest BCUT2D eigenvalue weighted by Gasteiger charge is 2.13. The van der Waals surface area contributed by atoms with Gasteiger partial charge >= 0.3 is 0 Å². The minimum atomic E-state index is 0.000431. The molecule has 1 aromatic carbocycles. The quantitative estimate of drug-likeness (QED) is 0.852. The molecule has 94 valence electrons. The summed E-state index contributed by atoms with van der Waals surface area (Å²) >= 11 is 0. The second-order valence-electron chi connectivity index (χ2n) is 4.39. The SMILES string of the molecule is OCc1ccc(CCCC2OCCCO2)cc1. The van der Waals surface area contributed by atoms with E-state index < -0.39 is 0 Å². The molecular formula is C14H20O3. The van der Waals surface area contributed by atoms with Gasteiger partial charge in [-0.3, -0.25) is 0 Å². The number of aliphatic hydroxyl groups is 1. The van der Waals surface area contributed by atoms with E-state index in [-0.39, 0.29) is 12.9 Å². The molecular weight excluding hydrogens is 216 g/mol. The second-order valence-corrected chi connectivity index (χ2v) is 4.39. The van der Waals surface area contributed by atoms with E-state index in [4.69, 9.17) is 14.6 Å². The van der Waals surface area contributed by atoms with Gasteiger partial charge in [0.2, 0.25) is 0 Å². The normalized spacial score (nSPS) is 17.2. The summed E-state index contributed by atoms with van der Waals surface area (Å²) in [5, 5.41) is 8.94. The van der Waals surface area contributed by atoms with Crippen LogP contribution in [0.15, 0.2) is 24.3 Å². The summed E-state index contributed by atoms with van der Waals surface area (Å²) in [6, 6.07) is 8.11. The van der Waals surface area contributed by atoms with Crippen LogP contribution in [0.2, 0.25) is 0 Å². The van der Waals surface area contributed by atoms with Gasteiger partial charge in [-0.15, -0.1) is 0 Å². The van der Waals surface area contributed by atoms with Gasteiger partial charge in [0.15, 0.2) is 6.29 Å². The first-order valence-corrected chi connectivity index (χ1v) is 6.30. The first-order valence-electron chi connectivity index (χ1n) is 6.30. The second kappa shape index (κ2) is 6.74. The van der Waals surface area contributed by atoms with E-state index in [1.165, 1.54) is 5.56 Å². The van der Waals surface area contributed by atoms with Gasteiger partial charge in [-0.1, -0.05) is 24.3 Å². The fourth-order valence-electron chi connectivity index (χ4n) is 1.99. The zero-order valence-corrected chi connectivity index (χ0v) is 10.1. The number of benzene rings is 1. The third kappa shape index (κ3) is 4.11. The van der Waals surface area contributed by atoms with Crippen LogP contribution in [0.4, 0.5) is 0 Å². The van der Waals surface area contributed by atoms with Crippen molar-refractivity contribution in [2.75, 3.05) is 13.2 Å². The standard InChI is InChI=1S/C14H20O3/c15-11-13-7-5-12(6-8-13)3-1-4-14-16-9-2-10-17-14/h5-8,14-15H,1-4,9-11H2. The lowest BCUT2D eigenvalue weighted by atomic mass is 10.1. The van der Waals surface area contributed by atoms with Gasteiger partial charge in [-0.25, -0.2) is 0 Å². The molecule has 0 radical (unpaired) electrons. The van der Waals surface area contributed by atoms with Crippen LogP contribution in [-0.2, 0) is 22.5 Å². The summed E-state index contributed by atoms with van der Waals surface area (Å²) in [5.41, 5.74) is 2.27. The molecule has 0 saturated carbocycles. The van der Waals surface area contributed by atoms with Crippen LogP contribution in [0.1, 0.15) is 30.4 Å². The van der Waals surface area contributed by atoms with Gasteiger partial charge in [-0.05, 0) is 36.8 Å². The highest BCUT2D eigenvalue weighted by Crippen LogP contribution is 2.13. The summed E-state index contributed by atoms with van der Waals surface area (Å²) in [6.45, 7) is 1.77. The monoisotopic (exact) mass is 236 g/mol. The average molecular weight is 236 g/mol. The molecule has 1 aliphatic rings. The van der Waals surface area contributed by atoms with Crippen LogP contribution in [-0.4, -0.2) is 24.6 Å². The number of hydrogen-bond acceptors (Lipinski definition) is 3. The topological polar surface area (TPSA) is 38.7 Å². The van der Waals surface area contributed by atoms with Crippen molar-refractivity contribution < 1.29 is 14.6 Å². The lowest BCUT2D eigenvalue weighted by molar-refractivity contribution is -0.181. The van der Waals surface area contributed by atoms with E-state index in [1.807, 2.05) is 12.1 Å². The Kier molecular flexibility index (Phi) is 4.98. The van der Waals surface area contributed by atoms with Crippen molar-refractivity contribution in [1.29, 1.82) is 0 Å². The molecule has 1 fully saturated rings. The highest BCUT2D eigenvalue weighted by molar-refractivity contribution is 5.21. The van der Waals surface area contributed by atoms with Gasteiger partial charge in [0.1, 0.15) is 0 Å². The molecule has 0 spiro atoms. The van der Waals surface area contributed by atoms with Crippen LogP contribution in [0.3, 0.4) is 0 Å². The van der Waals surface area contributed by atoms with Gasteiger partial charge < -0.3 is 14.6 Å². The van der Waals surface area contributed by atoms with E-state index in [9.17, 15) is 0 Å². The first kappa shape index (κ1) is 12.6. The van der Waals surface area contributed by atoms with Gasteiger partial charge in [0.05, 0.1) is 19.8 Å². The van der Waals surface area contributed by atoms with Gasteiger partial charge in [0.25, 0.3) is 0 Å². The molecule has 0 aliphatic carbocycles. The lowest BCUT2D eigenvalue weighted by Gasteiger charge is -2.23. The van der Waals surface area contributed by atoms with Gasteiger partial charge in [0, 0.05) is 0 Å². The molecule has 0 aromatic heterocycles. The summed E-state index contributed by atoms with van der Waals surface area (Å²) in [7, 11) is 0. The minimum Gasteiger partial charge on any atom is -0.392 e. The van der Waals surface area contributed by atoms with E-state index in [0.29, 0.717) is 0 Å². The van der Waals surface area contributed by atoms with Crippen molar-refractivity contribution in [3.8, 4) is 0 Å². The molecule has 1 aromatic rings.